The van der Waals surface area contributed by atoms with Crippen LogP contribution in [0.1, 0.15) is 36.7 Å². The van der Waals surface area contributed by atoms with E-state index < -0.39 is 11.9 Å². The molecule has 0 bridgehead atoms. The van der Waals surface area contributed by atoms with E-state index in [9.17, 15) is 9.59 Å². The lowest BCUT2D eigenvalue weighted by Gasteiger charge is -2.24. The minimum absolute atomic E-state index is 0.142. The lowest BCUT2D eigenvalue weighted by atomic mass is 9.84. The van der Waals surface area contributed by atoms with Gasteiger partial charge in [0.25, 0.3) is 0 Å². The summed E-state index contributed by atoms with van der Waals surface area (Å²) in [7, 11) is 1.33. The summed E-state index contributed by atoms with van der Waals surface area (Å²) in [6.45, 7) is 6.05. The predicted octanol–water partition coefficient (Wildman–Crippen LogP) is 4.45. The van der Waals surface area contributed by atoms with E-state index in [1.54, 1.807) is 12.1 Å². The van der Waals surface area contributed by atoms with Gasteiger partial charge in [0.15, 0.2) is 6.61 Å². The average molecular weight is 393 g/mol. The molecule has 3 aromatic rings. The molecule has 1 heterocycles. The van der Waals surface area contributed by atoms with Gasteiger partial charge in [0.05, 0.1) is 18.4 Å². The van der Waals surface area contributed by atoms with Crippen LogP contribution in [-0.4, -0.2) is 35.7 Å². The van der Waals surface area contributed by atoms with E-state index in [-0.39, 0.29) is 17.6 Å². The highest BCUT2D eigenvalue weighted by Gasteiger charge is 2.22. The molecular formula is C23H23NO5. The van der Waals surface area contributed by atoms with Crippen LogP contribution < -0.4 is 4.74 Å². The number of benzene rings is 2. The van der Waals surface area contributed by atoms with Crippen molar-refractivity contribution in [3.05, 3.63) is 59.8 Å². The zero-order chi connectivity index (χ0) is 21.2. The molecule has 0 unspecified atom stereocenters. The summed E-state index contributed by atoms with van der Waals surface area (Å²) >= 11 is 0. The van der Waals surface area contributed by atoms with Crippen LogP contribution in [0.3, 0.4) is 0 Å². The van der Waals surface area contributed by atoms with Gasteiger partial charge >= 0.3 is 11.9 Å². The molecule has 1 N–H and O–H groups in total. The van der Waals surface area contributed by atoms with E-state index in [1.807, 2.05) is 30.3 Å². The van der Waals surface area contributed by atoms with Gasteiger partial charge in [-0.25, -0.2) is 9.59 Å². The summed E-state index contributed by atoms with van der Waals surface area (Å²) in [5, 5.41) is 11.0. The van der Waals surface area contributed by atoms with Crippen LogP contribution in [0.4, 0.5) is 0 Å². The number of rotatable bonds is 5. The number of carboxylic acid groups (broad SMARTS) is 1. The number of fused-ring (bicyclic) bond motifs is 1. The van der Waals surface area contributed by atoms with E-state index in [0.717, 1.165) is 21.9 Å². The molecule has 0 aliphatic heterocycles. The third-order valence-electron chi connectivity index (χ3n) is 4.65. The Labute approximate surface area is 169 Å². The van der Waals surface area contributed by atoms with Crippen LogP contribution in [0.5, 0.6) is 5.75 Å². The van der Waals surface area contributed by atoms with E-state index in [1.165, 1.54) is 13.3 Å². The molecule has 0 spiro atoms. The molecule has 0 aliphatic rings. The second-order valence-corrected chi connectivity index (χ2v) is 7.73. The molecular weight excluding hydrogens is 370 g/mol. The van der Waals surface area contributed by atoms with Crippen LogP contribution in [0.15, 0.2) is 48.7 Å². The number of hydrogen-bond donors (Lipinski definition) is 1. The van der Waals surface area contributed by atoms with E-state index in [4.69, 9.17) is 9.84 Å². The maximum absolute atomic E-state index is 11.5. The minimum atomic E-state index is -1.01. The van der Waals surface area contributed by atoms with Gasteiger partial charge in [-0.05, 0) is 40.5 Å². The Morgan fingerprint density at radius 1 is 1.10 bits per heavy atom. The molecule has 0 amide bonds. The fraction of sp³-hybridized carbons (Fsp3) is 0.261. The standard InChI is InChI=1S/C23H23NO5/c1-23(2,3)18-11-17-14(10-20(18)29-13-21(25)28-4)6-5-7-16(17)19-9-8-15(12-24-19)22(26)27/h5-12H,13H2,1-4H3,(H,26,27). The van der Waals surface area contributed by atoms with Gasteiger partial charge in [-0.3, -0.25) is 4.98 Å². The SMILES string of the molecule is COC(=O)COc1cc2cccc(-c3ccc(C(=O)O)cn3)c2cc1C(C)(C)C. The first kappa shape index (κ1) is 20.3. The maximum Gasteiger partial charge on any atom is 0.343 e. The second kappa shape index (κ2) is 7.91. The van der Waals surface area contributed by atoms with Gasteiger partial charge in [0.2, 0.25) is 0 Å². The predicted molar refractivity (Wildman–Crippen MR) is 110 cm³/mol. The first-order valence-electron chi connectivity index (χ1n) is 9.17. The third-order valence-corrected chi connectivity index (χ3v) is 4.65. The average Bonchev–Trinajstić information content (AvgIpc) is 2.70. The van der Waals surface area contributed by atoms with Crippen molar-refractivity contribution >= 4 is 22.7 Å². The zero-order valence-electron chi connectivity index (χ0n) is 16.9. The van der Waals surface area contributed by atoms with Gasteiger partial charge in [0, 0.05) is 17.3 Å². The summed E-state index contributed by atoms with van der Waals surface area (Å²) in [5.41, 5.74) is 2.44. The fourth-order valence-corrected chi connectivity index (χ4v) is 3.11. The molecule has 6 heteroatoms. The van der Waals surface area contributed by atoms with Crippen molar-refractivity contribution in [1.29, 1.82) is 0 Å². The van der Waals surface area contributed by atoms with Crippen molar-refractivity contribution < 1.29 is 24.2 Å². The topological polar surface area (TPSA) is 85.7 Å². The van der Waals surface area contributed by atoms with Gasteiger partial charge in [0.1, 0.15) is 5.75 Å². The molecule has 2 aromatic carbocycles. The number of carbonyl (C=O) groups is 2. The monoisotopic (exact) mass is 393 g/mol. The van der Waals surface area contributed by atoms with Gasteiger partial charge in [-0.2, -0.15) is 0 Å². The summed E-state index contributed by atoms with van der Waals surface area (Å²) < 4.78 is 10.4. The third kappa shape index (κ3) is 4.37. The Morgan fingerprint density at radius 2 is 1.86 bits per heavy atom. The Balaban J connectivity index is 2.14. The van der Waals surface area contributed by atoms with Crippen molar-refractivity contribution in [3.63, 3.8) is 0 Å². The number of methoxy groups -OCH3 is 1. The number of aromatic carboxylic acids is 1. The molecule has 1 aromatic heterocycles. The number of carboxylic acids is 1. The molecule has 6 nitrogen and oxygen atoms in total. The number of esters is 1. The summed E-state index contributed by atoms with van der Waals surface area (Å²) in [4.78, 5) is 27.0. The summed E-state index contributed by atoms with van der Waals surface area (Å²) in [5.74, 6) is -0.826. The zero-order valence-corrected chi connectivity index (χ0v) is 16.9. The number of aromatic nitrogens is 1. The minimum Gasteiger partial charge on any atom is -0.482 e. The van der Waals surface area contributed by atoms with Crippen molar-refractivity contribution in [1.82, 2.24) is 4.98 Å². The smallest absolute Gasteiger partial charge is 0.343 e. The highest BCUT2D eigenvalue weighted by atomic mass is 16.6. The van der Waals surface area contributed by atoms with Crippen molar-refractivity contribution in [2.45, 2.75) is 26.2 Å². The molecule has 0 aliphatic carbocycles. The van der Waals surface area contributed by atoms with Crippen molar-refractivity contribution in [2.24, 2.45) is 0 Å². The molecule has 0 atom stereocenters. The van der Waals surface area contributed by atoms with Crippen LogP contribution in [-0.2, 0) is 14.9 Å². The molecule has 0 saturated heterocycles. The van der Waals surface area contributed by atoms with Crippen molar-refractivity contribution in [2.75, 3.05) is 13.7 Å². The lowest BCUT2D eigenvalue weighted by molar-refractivity contribution is -0.142. The van der Waals surface area contributed by atoms with Gasteiger partial charge < -0.3 is 14.6 Å². The Bertz CT molecular complexity index is 1070. The van der Waals surface area contributed by atoms with Crippen LogP contribution in [0.2, 0.25) is 0 Å². The van der Waals surface area contributed by atoms with E-state index >= 15 is 0 Å². The molecule has 3 rings (SSSR count). The first-order valence-corrected chi connectivity index (χ1v) is 9.17. The normalized spacial score (nSPS) is 11.3. The molecule has 29 heavy (non-hydrogen) atoms. The molecule has 0 saturated carbocycles. The molecule has 0 radical (unpaired) electrons. The van der Waals surface area contributed by atoms with Gasteiger partial charge in [-0.1, -0.05) is 39.0 Å². The lowest BCUT2D eigenvalue weighted by Crippen LogP contribution is -2.17. The summed E-state index contributed by atoms with van der Waals surface area (Å²) in [6.07, 6.45) is 1.36. The largest absolute Gasteiger partial charge is 0.482 e. The maximum atomic E-state index is 11.5. The van der Waals surface area contributed by atoms with Crippen LogP contribution >= 0.6 is 0 Å². The Morgan fingerprint density at radius 3 is 2.45 bits per heavy atom. The number of pyridine rings is 1. The van der Waals surface area contributed by atoms with E-state index in [0.29, 0.717) is 11.4 Å². The Kier molecular flexibility index (Phi) is 5.55. The number of hydrogen-bond acceptors (Lipinski definition) is 5. The number of nitrogens with zero attached hydrogens (tertiary/aromatic N) is 1. The summed E-state index contributed by atoms with van der Waals surface area (Å²) in [6, 6.07) is 13.0. The van der Waals surface area contributed by atoms with Gasteiger partial charge in [-0.15, -0.1) is 0 Å². The quantitative estimate of drug-likeness (QED) is 0.645. The van der Waals surface area contributed by atoms with E-state index in [2.05, 4.69) is 30.5 Å². The van der Waals surface area contributed by atoms with Crippen LogP contribution in [0, 0.1) is 0 Å². The number of carbonyl (C=O) groups excluding carboxylic acids is 1. The first-order chi connectivity index (χ1) is 13.7. The highest BCUT2D eigenvalue weighted by Crippen LogP contribution is 2.38. The van der Waals surface area contributed by atoms with Crippen LogP contribution in [0.25, 0.3) is 22.0 Å². The fourth-order valence-electron chi connectivity index (χ4n) is 3.11. The number of ether oxygens (including phenoxy) is 2. The second-order valence-electron chi connectivity index (χ2n) is 7.73. The highest BCUT2D eigenvalue weighted by molar-refractivity contribution is 5.98. The molecule has 150 valence electrons. The molecule has 0 fully saturated rings. The van der Waals surface area contributed by atoms with Crippen molar-refractivity contribution in [3.8, 4) is 17.0 Å². The Hall–Kier alpha value is -3.41.